The van der Waals surface area contributed by atoms with Gasteiger partial charge in [-0.2, -0.15) is 10.4 Å². The zero-order valence-corrected chi connectivity index (χ0v) is 15.2. The van der Waals surface area contributed by atoms with Crippen molar-refractivity contribution in [3.8, 4) is 27.9 Å². The number of imidazole rings is 1. The fourth-order valence-corrected chi connectivity index (χ4v) is 3.31. The van der Waals surface area contributed by atoms with Crippen LogP contribution in [0.5, 0.6) is 0 Å². The van der Waals surface area contributed by atoms with E-state index in [2.05, 4.69) is 16.2 Å². The highest BCUT2D eigenvalue weighted by molar-refractivity contribution is 7.19. The fourth-order valence-electron chi connectivity index (χ4n) is 2.43. The van der Waals surface area contributed by atoms with Crippen LogP contribution in [0.1, 0.15) is 29.8 Å². The Bertz CT molecular complexity index is 1070. The lowest BCUT2D eigenvalue weighted by Gasteiger charge is -1.99. The monoisotopic (exact) mass is 360 g/mol. The third-order valence-corrected chi connectivity index (χ3v) is 4.66. The van der Waals surface area contributed by atoms with E-state index in [-0.39, 0.29) is 0 Å². The Morgan fingerprint density at radius 1 is 1.04 bits per heavy atom. The minimum Gasteiger partial charge on any atom is -0.298 e. The molecule has 0 saturated heterocycles. The van der Waals surface area contributed by atoms with Crippen molar-refractivity contribution in [2.45, 2.75) is 13.8 Å². The van der Waals surface area contributed by atoms with Gasteiger partial charge in [-0.1, -0.05) is 61.6 Å². The first-order chi connectivity index (χ1) is 12.8. The van der Waals surface area contributed by atoms with E-state index in [0.717, 1.165) is 33.1 Å². The van der Waals surface area contributed by atoms with Gasteiger partial charge in [0, 0.05) is 16.7 Å². The van der Waals surface area contributed by atoms with E-state index in [1.807, 2.05) is 38.1 Å². The number of carbonyl (C=O) groups excluding carboxylic acids is 1. The fraction of sp³-hybridized carbons (Fsp3) is 0.100. The van der Waals surface area contributed by atoms with Gasteiger partial charge >= 0.3 is 0 Å². The van der Waals surface area contributed by atoms with Gasteiger partial charge in [-0.25, -0.2) is 9.50 Å². The number of nitrogens with zero attached hydrogens (tertiary/aromatic N) is 4. The van der Waals surface area contributed by atoms with Crippen molar-refractivity contribution in [1.82, 2.24) is 14.6 Å². The van der Waals surface area contributed by atoms with Crippen molar-refractivity contribution < 1.29 is 4.79 Å². The molecule has 0 N–H and O–H groups in total. The normalized spacial score (nSPS) is 10.0. The second-order valence-corrected chi connectivity index (χ2v) is 6.13. The number of fused-ring (bicyclic) bond motifs is 1. The lowest BCUT2D eigenvalue weighted by molar-refractivity contribution is 0.112. The molecule has 128 valence electrons. The number of carbonyl (C=O) groups is 1. The van der Waals surface area contributed by atoms with Crippen LogP contribution < -0.4 is 0 Å². The Labute approximate surface area is 155 Å². The average Bonchev–Trinajstić information content (AvgIpc) is 3.30. The van der Waals surface area contributed by atoms with Crippen LogP contribution in [0.3, 0.4) is 0 Å². The zero-order valence-electron chi connectivity index (χ0n) is 14.4. The first-order valence-electron chi connectivity index (χ1n) is 8.19. The van der Waals surface area contributed by atoms with E-state index < -0.39 is 0 Å². The molecule has 0 fully saturated rings. The SMILES string of the molecule is CC.N#Cc1ccc(-c2cnc3sc(-c4ccc(C=O)cc4)nn23)cc1. The third-order valence-electron chi connectivity index (χ3n) is 3.69. The standard InChI is InChI=1S/C18H10N4OS.C2H6/c19-9-12-1-5-14(6-2-12)16-10-20-18-22(16)21-17(24-18)15-7-3-13(11-23)4-8-15;1-2/h1-8,10-11H;1-2H3. The molecule has 5 nitrogen and oxygen atoms in total. The molecule has 0 bridgehead atoms. The number of hydrogen-bond acceptors (Lipinski definition) is 5. The lowest BCUT2D eigenvalue weighted by atomic mass is 10.1. The minimum atomic E-state index is 0.619. The summed E-state index contributed by atoms with van der Waals surface area (Å²) in [4.78, 5) is 16.0. The molecule has 0 spiro atoms. The van der Waals surface area contributed by atoms with Crippen molar-refractivity contribution in [2.75, 3.05) is 0 Å². The summed E-state index contributed by atoms with van der Waals surface area (Å²) in [6, 6.07) is 16.7. The summed E-state index contributed by atoms with van der Waals surface area (Å²) in [6.07, 6.45) is 2.60. The van der Waals surface area contributed by atoms with Crippen molar-refractivity contribution in [3.63, 3.8) is 0 Å². The van der Waals surface area contributed by atoms with Gasteiger partial charge in [0.2, 0.25) is 4.96 Å². The molecule has 6 heteroatoms. The van der Waals surface area contributed by atoms with E-state index in [1.165, 1.54) is 11.3 Å². The molecule has 0 amide bonds. The van der Waals surface area contributed by atoms with Gasteiger partial charge in [-0.05, 0) is 12.1 Å². The Balaban J connectivity index is 0.000000948. The van der Waals surface area contributed by atoms with Crippen LogP contribution in [0.25, 0.3) is 26.8 Å². The number of aldehydes is 1. The zero-order chi connectivity index (χ0) is 18.5. The van der Waals surface area contributed by atoms with Crippen molar-refractivity contribution in [1.29, 1.82) is 5.26 Å². The smallest absolute Gasteiger partial charge is 0.213 e. The van der Waals surface area contributed by atoms with Crippen LogP contribution in [0.15, 0.2) is 54.7 Å². The summed E-state index contributed by atoms with van der Waals surface area (Å²) in [6.45, 7) is 4.00. The van der Waals surface area contributed by atoms with Gasteiger partial charge in [-0.3, -0.25) is 4.79 Å². The molecule has 0 atom stereocenters. The van der Waals surface area contributed by atoms with Gasteiger partial charge in [0.05, 0.1) is 23.5 Å². The van der Waals surface area contributed by atoms with Crippen LogP contribution >= 0.6 is 11.3 Å². The largest absolute Gasteiger partial charge is 0.298 e. The van der Waals surface area contributed by atoms with Gasteiger partial charge in [0.15, 0.2) is 0 Å². The van der Waals surface area contributed by atoms with E-state index in [0.29, 0.717) is 11.1 Å². The molecule has 0 saturated carbocycles. The number of nitriles is 1. The minimum absolute atomic E-state index is 0.619. The van der Waals surface area contributed by atoms with E-state index in [1.54, 1.807) is 35.0 Å². The number of aromatic nitrogens is 3. The van der Waals surface area contributed by atoms with E-state index in [9.17, 15) is 4.79 Å². The second-order valence-electron chi connectivity index (χ2n) is 5.17. The molecule has 0 aliphatic rings. The van der Waals surface area contributed by atoms with Gasteiger partial charge in [0.25, 0.3) is 0 Å². The highest BCUT2D eigenvalue weighted by Gasteiger charge is 2.12. The highest BCUT2D eigenvalue weighted by atomic mass is 32.1. The highest BCUT2D eigenvalue weighted by Crippen LogP contribution is 2.29. The molecule has 2 heterocycles. The predicted molar refractivity (Wildman–Crippen MR) is 103 cm³/mol. The molecular weight excluding hydrogens is 344 g/mol. The first kappa shape index (κ1) is 17.5. The summed E-state index contributed by atoms with van der Waals surface area (Å²) in [5.41, 5.74) is 4.03. The summed E-state index contributed by atoms with van der Waals surface area (Å²) in [5.74, 6) is 0. The van der Waals surface area contributed by atoms with Gasteiger partial charge in [0.1, 0.15) is 11.3 Å². The summed E-state index contributed by atoms with van der Waals surface area (Å²) < 4.78 is 1.80. The number of benzene rings is 2. The Kier molecular flexibility index (Phi) is 5.20. The van der Waals surface area contributed by atoms with Crippen LogP contribution in [0.4, 0.5) is 0 Å². The molecule has 2 aromatic heterocycles. The number of rotatable bonds is 3. The third kappa shape index (κ3) is 3.25. The lowest BCUT2D eigenvalue weighted by Crippen LogP contribution is -1.89. The second kappa shape index (κ2) is 7.72. The van der Waals surface area contributed by atoms with Crippen molar-refractivity contribution in [3.05, 3.63) is 65.9 Å². The molecule has 4 rings (SSSR count). The molecule has 26 heavy (non-hydrogen) atoms. The maximum absolute atomic E-state index is 10.8. The van der Waals surface area contributed by atoms with Crippen molar-refractivity contribution >= 4 is 22.6 Å². The summed E-state index contributed by atoms with van der Waals surface area (Å²) >= 11 is 1.49. The van der Waals surface area contributed by atoms with Gasteiger partial charge < -0.3 is 0 Å². The Morgan fingerprint density at radius 3 is 2.31 bits per heavy atom. The molecule has 0 unspecified atom stereocenters. The van der Waals surface area contributed by atoms with Gasteiger partial charge in [-0.15, -0.1) is 0 Å². The topological polar surface area (TPSA) is 71.0 Å². The summed E-state index contributed by atoms with van der Waals surface area (Å²) in [7, 11) is 0. The average molecular weight is 360 g/mol. The molecule has 0 aliphatic heterocycles. The molecular formula is C20H16N4OS. The van der Waals surface area contributed by atoms with E-state index >= 15 is 0 Å². The molecule has 0 aliphatic carbocycles. The Hall–Kier alpha value is -3.30. The molecule has 2 aromatic carbocycles. The van der Waals surface area contributed by atoms with E-state index in [4.69, 9.17) is 5.26 Å². The molecule has 4 aromatic rings. The predicted octanol–water partition coefficient (Wildman–Crippen LogP) is 4.84. The van der Waals surface area contributed by atoms with Crippen LogP contribution in [-0.4, -0.2) is 20.9 Å². The summed E-state index contributed by atoms with van der Waals surface area (Å²) in [5, 5.41) is 14.4. The molecule has 0 radical (unpaired) electrons. The first-order valence-corrected chi connectivity index (χ1v) is 9.01. The Morgan fingerprint density at radius 2 is 1.69 bits per heavy atom. The number of hydrogen-bond donors (Lipinski definition) is 0. The van der Waals surface area contributed by atoms with Crippen LogP contribution in [0, 0.1) is 11.3 Å². The van der Waals surface area contributed by atoms with Crippen LogP contribution in [0.2, 0.25) is 0 Å². The maximum Gasteiger partial charge on any atom is 0.213 e. The maximum atomic E-state index is 10.8. The quantitative estimate of drug-likeness (QED) is 0.490. The van der Waals surface area contributed by atoms with Crippen molar-refractivity contribution in [2.24, 2.45) is 0 Å². The van der Waals surface area contributed by atoms with Crippen LogP contribution in [-0.2, 0) is 0 Å².